The van der Waals surface area contributed by atoms with Crippen LogP contribution < -0.4 is 0 Å². The van der Waals surface area contributed by atoms with Crippen LogP contribution in [0.4, 0.5) is 0 Å². The van der Waals surface area contributed by atoms with Gasteiger partial charge < -0.3 is 4.57 Å². The summed E-state index contributed by atoms with van der Waals surface area (Å²) < 4.78 is 4.74. The van der Waals surface area contributed by atoms with Crippen LogP contribution in [-0.4, -0.2) is 19.1 Å². The van der Waals surface area contributed by atoms with E-state index in [4.69, 9.17) is 9.97 Å². The molecule has 47 heavy (non-hydrogen) atoms. The van der Waals surface area contributed by atoms with Crippen LogP contribution in [0.5, 0.6) is 0 Å². The Balaban J connectivity index is 1.38. The summed E-state index contributed by atoms with van der Waals surface area (Å²) >= 11 is 0. The molecule has 0 spiro atoms. The smallest absolute Gasteiger partial charge is 0.235 e. The minimum absolute atomic E-state index is 0.193. The molecule has 1 aliphatic rings. The molecule has 3 heterocycles. The Morgan fingerprint density at radius 3 is 1.96 bits per heavy atom. The molecule has 6 aromatic carbocycles. The van der Waals surface area contributed by atoms with Crippen LogP contribution in [0.3, 0.4) is 0 Å². The normalized spacial score (nSPS) is 13.5. The standard InChI is InChI=1S/C43H30N4/c1-43(2)32-22-12-9-19-29(32)41-39(43)38-36(46(41)28-17-7-4-8-18-28)26-25-35-37(38)31-21-11-14-24-34(31)47(35)42-44-33-23-13-10-20-30(33)40(45-42)27-15-5-3-6-16-27/h3-26H,1-2H3. The van der Waals surface area contributed by atoms with Crippen molar-refractivity contribution in [3.05, 3.63) is 157 Å². The Labute approximate surface area is 272 Å². The molecule has 0 saturated heterocycles. The first-order chi connectivity index (χ1) is 23.1. The molecule has 9 aromatic rings. The van der Waals surface area contributed by atoms with E-state index in [0.717, 1.165) is 33.2 Å². The number of fused-ring (bicyclic) bond motifs is 10. The fourth-order valence-electron chi connectivity index (χ4n) is 8.11. The van der Waals surface area contributed by atoms with Crippen LogP contribution in [0.2, 0.25) is 0 Å². The number of rotatable bonds is 3. The van der Waals surface area contributed by atoms with Crippen molar-refractivity contribution in [2.24, 2.45) is 0 Å². The van der Waals surface area contributed by atoms with Gasteiger partial charge in [0, 0.05) is 43.8 Å². The van der Waals surface area contributed by atoms with Gasteiger partial charge in [0.15, 0.2) is 0 Å². The van der Waals surface area contributed by atoms with E-state index in [0.29, 0.717) is 5.95 Å². The maximum absolute atomic E-state index is 5.33. The molecule has 0 saturated carbocycles. The summed E-state index contributed by atoms with van der Waals surface area (Å²) in [4.78, 5) is 10.5. The molecule has 0 atom stereocenters. The lowest BCUT2D eigenvalue weighted by Crippen LogP contribution is -2.14. The number of hydrogen-bond donors (Lipinski definition) is 0. The molecule has 0 radical (unpaired) electrons. The third-order valence-electron chi connectivity index (χ3n) is 10.1. The fraction of sp³-hybridized carbons (Fsp3) is 0.0698. The predicted octanol–water partition coefficient (Wildman–Crippen LogP) is 10.6. The van der Waals surface area contributed by atoms with E-state index in [1.807, 2.05) is 6.07 Å². The second-order valence-electron chi connectivity index (χ2n) is 13.0. The third kappa shape index (κ3) is 3.53. The Morgan fingerprint density at radius 2 is 1.15 bits per heavy atom. The monoisotopic (exact) mass is 602 g/mol. The van der Waals surface area contributed by atoms with Gasteiger partial charge in [-0.15, -0.1) is 0 Å². The molecule has 1 aliphatic carbocycles. The molecule has 4 nitrogen and oxygen atoms in total. The number of aromatic nitrogens is 4. The van der Waals surface area contributed by atoms with E-state index >= 15 is 0 Å². The van der Waals surface area contributed by atoms with E-state index in [-0.39, 0.29) is 5.41 Å². The molecule has 10 rings (SSSR count). The second-order valence-corrected chi connectivity index (χ2v) is 13.0. The van der Waals surface area contributed by atoms with Crippen molar-refractivity contribution in [3.8, 4) is 34.2 Å². The van der Waals surface area contributed by atoms with Gasteiger partial charge in [-0.3, -0.25) is 4.57 Å². The minimum Gasteiger partial charge on any atom is -0.309 e. The summed E-state index contributed by atoms with van der Waals surface area (Å²) in [6, 6.07) is 51.8. The van der Waals surface area contributed by atoms with Crippen LogP contribution in [0, 0.1) is 0 Å². The van der Waals surface area contributed by atoms with Gasteiger partial charge in [-0.1, -0.05) is 123 Å². The summed E-state index contributed by atoms with van der Waals surface area (Å²) in [5.41, 5.74) is 12.6. The SMILES string of the molecule is CC1(C)c2ccccc2-c2c1c1c3c4ccccc4n(-c4nc(-c5ccccc5)c5ccccc5n4)c3ccc1n2-c1ccccc1. The first kappa shape index (κ1) is 26.2. The molecule has 0 N–H and O–H groups in total. The fourth-order valence-corrected chi connectivity index (χ4v) is 8.11. The zero-order chi connectivity index (χ0) is 31.3. The maximum atomic E-state index is 5.33. The molecule has 3 aromatic heterocycles. The third-order valence-corrected chi connectivity index (χ3v) is 10.1. The molecule has 0 aliphatic heterocycles. The van der Waals surface area contributed by atoms with E-state index in [9.17, 15) is 0 Å². The lowest BCUT2D eigenvalue weighted by molar-refractivity contribution is 0.666. The van der Waals surface area contributed by atoms with Crippen LogP contribution in [0.1, 0.15) is 25.0 Å². The topological polar surface area (TPSA) is 35.6 Å². The van der Waals surface area contributed by atoms with Crippen molar-refractivity contribution in [1.82, 2.24) is 19.1 Å². The number of para-hydroxylation sites is 3. The van der Waals surface area contributed by atoms with Crippen molar-refractivity contribution >= 4 is 43.6 Å². The molecule has 4 heteroatoms. The lowest BCUT2D eigenvalue weighted by Gasteiger charge is -2.21. The molecule has 0 unspecified atom stereocenters. The Hall–Kier alpha value is -6.00. The highest BCUT2D eigenvalue weighted by molar-refractivity contribution is 6.24. The molecule has 0 fully saturated rings. The summed E-state index contributed by atoms with van der Waals surface area (Å²) in [5.74, 6) is 0.676. The Kier molecular flexibility index (Phi) is 5.31. The van der Waals surface area contributed by atoms with Gasteiger partial charge in [0.05, 0.1) is 33.5 Å². The van der Waals surface area contributed by atoms with Crippen molar-refractivity contribution in [2.75, 3.05) is 0 Å². The zero-order valence-corrected chi connectivity index (χ0v) is 26.1. The number of nitrogens with zero attached hydrogens (tertiary/aromatic N) is 4. The first-order valence-electron chi connectivity index (χ1n) is 16.2. The van der Waals surface area contributed by atoms with E-state index < -0.39 is 0 Å². The summed E-state index contributed by atoms with van der Waals surface area (Å²) in [6.07, 6.45) is 0. The highest BCUT2D eigenvalue weighted by Crippen LogP contribution is 2.55. The van der Waals surface area contributed by atoms with E-state index in [1.165, 1.54) is 49.7 Å². The number of hydrogen-bond acceptors (Lipinski definition) is 2. The Bertz CT molecular complexity index is 2700. The second kappa shape index (κ2) is 9.51. The molecule has 222 valence electrons. The van der Waals surface area contributed by atoms with Crippen molar-refractivity contribution < 1.29 is 0 Å². The van der Waals surface area contributed by atoms with Crippen molar-refractivity contribution in [1.29, 1.82) is 0 Å². The van der Waals surface area contributed by atoms with Crippen molar-refractivity contribution in [3.63, 3.8) is 0 Å². The van der Waals surface area contributed by atoms with E-state index in [1.54, 1.807) is 0 Å². The minimum atomic E-state index is -0.193. The molecular weight excluding hydrogens is 573 g/mol. The highest BCUT2D eigenvalue weighted by atomic mass is 15.2. The van der Waals surface area contributed by atoms with Gasteiger partial charge in [-0.2, -0.15) is 0 Å². The predicted molar refractivity (Wildman–Crippen MR) is 194 cm³/mol. The first-order valence-corrected chi connectivity index (χ1v) is 16.2. The summed E-state index contributed by atoms with van der Waals surface area (Å²) in [6.45, 7) is 4.76. The number of benzene rings is 6. The van der Waals surface area contributed by atoms with Gasteiger partial charge in [0.2, 0.25) is 5.95 Å². The van der Waals surface area contributed by atoms with Crippen LogP contribution in [0.25, 0.3) is 77.8 Å². The van der Waals surface area contributed by atoms with Gasteiger partial charge in [0.25, 0.3) is 0 Å². The van der Waals surface area contributed by atoms with Gasteiger partial charge >= 0.3 is 0 Å². The lowest BCUT2D eigenvalue weighted by atomic mass is 9.81. The average Bonchev–Trinajstić information content (AvgIpc) is 3.73. The average molecular weight is 603 g/mol. The van der Waals surface area contributed by atoms with Crippen LogP contribution in [0.15, 0.2) is 146 Å². The summed E-state index contributed by atoms with van der Waals surface area (Å²) in [5, 5.41) is 4.78. The molecule has 0 amide bonds. The zero-order valence-electron chi connectivity index (χ0n) is 26.1. The van der Waals surface area contributed by atoms with Crippen LogP contribution in [-0.2, 0) is 5.41 Å². The highest BCUT2D eigenvalue weighted by Gasteiger charge is 2.41. The van der Waals surface area contributed by atoms with Gasteiger partial charge in [0.1, 0.15) is 0 Å². The Morgan fingerprint density at radius 1 is 0.511 bits per heavy atom. The van der Waals surface area contributed by atoms with Crippen LogP contribution >= 0.6 is 0 Å². The van der Waals surface area contributed by atoms with Crippen molar-refractivity contribution in [2.45, 2.75) is 19.3 Å². The van der Waals surface area contributed by atoms with Gasteiger partial charge in [-0.25, -0.2) is 9.97 Å². The quantitative estimate of drug-likeness (QED) is 0.202. The molecular formula is C43H30N4. The van der Waals surface area contributed by atoms with Gasteiger partial charge in [-0.05, 0) is 47.5 Å². The maximum Gasteiger partial charge on any atom is 0.235 e. The molecule has 0 bridgehead atoms. The van der Waals surface area contributed by atoms with E-state index in [2.05, 4.69) is 163 Å². The largest absolute Gasteiger partial charge is 0.309 e. The summed E-state index contributed by atoms with van der Waals surface area (Å²) in [7, 11) is 0.